The topological polar surface area (TPSA) is 20.2 Å². The zero-order chi connectivity index (χ0) is 13.5. The Morgan fingerprint density at radius 1 is 0.895 bits per heavy atom. The van der Waals surface area contributed by atoms with Crippen molar-refractivity contribution in [3.8, 4) is 0 Å². The molecule has 1 aliphatic rings. The highest BCUT2D eigenvalue weighted by Gasteiger charge is 2.43. The summed E-state index contributed by atoms with van der Waals surface area (Å²) >= 11 is 0. The van der Waals surface area contributed by atoms with E-state index in [-0.39, 0.29) is 5.41 Å². The Kier molecular flexibility index (Phi) is 2.75. The Morgan fingerprint density at radius 3 is 2.26 bits per heavy atom. The van der Waals surface area contributed by atoms with Crippen LogP contribution < -0.4 is 0 Å². The van der Waals surface area contributed by atoms with E-state index in [1.165, 1.54) is 5.56 Å². The van der Waals surface area contributed by atoms with Crippen LogP contribution in [0.5, 0.6) is 0 Å². The normalized spacial score (nSPS) is 24.8. The number of benzene rings is 2. The van der Waals surface area contributed by atoms with Gasteiger partial charge in [0.25, 0.3) is 0 Å². The number of fused-ring (bicyclic) bond motifs is 1. The van der Waals surface area contributed by atoms with Crippen molar-refractivity contribution in [1.29, 1.82) is 0 Å². The highest BCUT2D eigenvalue weighted by Crippen LogP contribution is 2.47. The summed E-state index contributed by atoms with van der Waals surface area (Å²) in [6.07, 6.45) is 1.79. The number of hydrogen-bond donors (Lipinski definition) is 1. The number of rotatable bonds is 1. The molecule has 0 aliphatic heterocycles. The second-order valence-corrected chi connectivity index (χ2v) is 6.40. The van der Waals surface area contributed by atoms with Gasteiger partial charge in [0.05, 0.1) is 0 Å². The lowest BCUT2D eigenvalue weighted by atomic mass is 9.65. The molecule has 1 aliphatic carbocycles. The molecule has 1 unspecified atom stereocenters. The van der Waals surface area contributed by atoms with Crippen molar-refractivity contribution in [3.63, 3.8) is 0 Å². The molecule has 0 heterocycles. The first-order valence-electron chi connectivity index (χ1n) is 6.88. The highest BCUT2D eigenvalue weighted by atomic mass is 16.3. The smallest absolute Gasteiger partial charge is 0.115 e. The molecule has 0 radical (unpaired) electrons. The molecule has 19 heavy (non-hydrogen) atoms. The standard InChI is InChI=1S/C18H20O/c1-17(2)12-14-8-6-7-11-16(14)18(19,13-17)15-9-4-3-5-10-15/h3-11,19H,12-13H2,1-2H3. The third-order valence-electron chi connectivity index (χ3n) is 4.12. The van der Waals surface area contributed by atoms with Gasteiger partial charge in [-0.15, -0.1) is 0 Å². The molecule has 98 valence electrons. The maximum atomic E-state index is 11.3. The molecule has 3 rings (SSSR count). The summed E-state index contributed by atoms with van der Waals surface area (Å²) in [5.41, 5.74) is 2.58. The SMILES string of the molecule is CC1(C)Cc2ccccc2C(O)(c2ccccc2)C1. The summed E-state index contributed by atoms with van der Waals surface area (Å²) in [7, 11) is 0. The van der Waals surface area contributed by atoms with Crippen LogP contribution in [0.1, 0.15) is 37.0 Å². The minimum Gasteiger partial charge on any atom is -0.380 e. The van der Waals surface area contributed by atoms with Crippen LogP contribution in [-0.2, 0) is 12.0 Å². The fourth-order valence-electron chi connectivity index (χ4n) is 3.42. The van der Waals surface area contributed by atoms with Crippen molar-refractivity contribution in [2.75, 3.05) is 0 Å². The molecule has 0 saturated heterocycles. The molecule has 1 heteroatoms. The van der Waals surface area contributed by atoms with Gasteiger partial charge in [0.1, 0.15) is 5.60 Å². The molecule has 0 spiro atoms. The van der Waals surface area contributed by atoms with Gasteiger partial charge >= 0.3 is 0 Å². The van der Waals surface area contributed by atoms with Crippen molar-refractivity contribution >= 4 is 0 Å². The Bertz CT molecular complexity index is 586. The lowest BCUT2D eigenvalue weighted by Crippen LogP contribution is -2.39. The minimum atomic E-state index is -0.862. The molecule has 0 bridgehead atoms. The zero-order valence-corrected chi connectivity index (χ0v) is 11.6. The fourth-order valence-corrected chi connectivity index (χ4v) is 3.42. The number of aliphatic hydroxyl groups is 1. The van der Waals surface area contributed by atoms with E-state index >= 15 is 0 Å². The van der Waals surface area contributed by atoms with Crippen LogP contribution in [0.15, 0.2) is 54.6 Å². The molecule has 0 fully saturated rings. The van der Waals surface area contributed by atoms with Crippen LogP contribution in [0.3, 0.4) is 0 Å². The lowest BCUT2D eigenvalue weighted by molar-refractivity contribution is 0.0188. The van der Waals surface area contributed by atoms with E-state index in [0.717, 1.165) is 24.0 Å². The first kappa shape index (κ1) is 12.4. The van der Waals surface area contributed by atoms with Crippen molar-refractivity contribution in [1.82, 2.24) is 0 Å². The maximum Gasteiger partial charge on any atom is 0.115 e. The molecule has 1 N–H and O–H groups in total. The Hall–Kier alpha value is -1.60. The van der Waals surface area contributed by atoms with E-state index in [1.807, 2.05) is 36.4 Å². The van der Waals surface area contributed by atoms with Crippen molar-refractivity contribution in [2.24, 2.45) is 5.41 Å². The Labute approximate surface area is 114 Å². The molecule has 1 nitrogen and oxygen atoms in total. The van der Waals surface area contributed by atoms with Crippen LogP contribution in [0.25, 0.3) is 0 Å². The van der Waals surface area contributed by atoms with Gasteiger partial charge in [-0.1, -0.05) is 68.4 Å². The van der Waals surface area contributed by atoms with E-state index in [9.17, 15) is 5.11 Å². The van der Waals surface area contributed by atoms with Gasteiger partial charge in [0.15, 0.2) is 0 Å². The first-order valence-corrected chi connectivity index (χ1v) is 6.88. The van der Waals surface area contributed by atoms with Crippen LogP contribution in [0.2, 0.25) is 0 Å². The van der Waals surface area contributed by atoms with Gasteiger partial charge in [-0.05, 0) is 34.9 Å². The molecule has 1 atom stereocenters. The van der Waals surface area contributed by atoms with Crippen molar-refractivity contribution in [3.05, 3.63) is 71.3 Å². The van der Waals surface area contributed by atoms with Crippen LogP contribution >= 0.6 is 0 Å². The minimum absolute atomic E-state index is 0.110. The van der Waals surface area contributed by atoms with E-state index in [4.69, 9.17) is 0 Å². The fraction of sp³-hybridized carbons (Fsp3) is 0.333. The van der Waals surface area contributed by atoms with Gasteiger partial charge in [-0.2, -0.15) is 0 Å². The van der Waals surface area contributed by atoms with Gasteiger partial charge in [-0.3, -0.25) is 0 Å². The average Bonchev–Trinajstić information content (AvgIpc) is 2.38. The molecular weight excluding hydrogens is 232 g/mol. The maximum absolute atomic E-state index is 11.3. The van der Waals surface area contributed by atoms with Crippen LogP contribution in [-0.4, -0.2) is 5.11 Å². The molecule has 2 aromatic rings. The largest absolute Gasteiger partial charge is 0.380 e. The van der Waals surface area contributed by atoms with Gasteiger partial charge in [-0.25, -0.2) is 0 Å². The third kappa shape index (κ3) is 2.08. The average molecular weight is 252 g/mol. The van der Waals surface area contributed by atoms with Crippen molar-refractivity contribution in [2.45, 2.75) is 32.3 Å². The predicted octanol–water partition coefficient (Wildman–Crippen LogP) is 3.89. The molecule has 0 saturated carbocycles. The second-order valence-electron chi connectivity index (χ2n) is 6.40. The van der Waals surface area contributed by atoms with Gasteiger partial charge in [0, 0.05) is 0 Å². The second kappa shape index (κ2) is 4.21. The van der Waals surface area contributed by atoms with E-state index < -0.39 is 5.60 Å². The quantitative estimate of drug-likeness (QED) is 0.816. The van der Waals surface area contributed by atoms with Crippen LogP contribution in [0.4, 0.5) is 0 Å². The van der Waals surface area contributed by atoms with Gasteiger partial charge < -0.3 is 5.11 Å². The third-order valence-corrected chi connectivity index (χ3v) is 4.12. The Balaban J connectivity index is 2.20. The summed E-state index contributed by atoms with van der Waals surface area (Å²) in [6.45, 7) is 4.47. The lowest BCUT2D eigenvalue weighted by Gasteiger charge is -2.43. The molecule has 2 aromatic carbocycles. The molecular formula is C18H20O. The van der Waals surface area contributed by atoms with Crippen molar-refractivity contribution < 1.29 is 5.11 Å². The first-order chi connectivity index (χ1) is 9.01. The summed E-state index contributed by atoms with van der Waals surface area (Å²) in [5, 5.41) is 11.3. The summed E-state index contributed by atoms with van der Waals surface area (Å²) in [4.78, 5) is 0. The molecule has 0 amide bonds. The number of hydrogen-bond acceptors (Lipinski definition) is 1. The van der Waals surface area contributed by atoms with Gasteiger partial charge in [0.2, 0.25) is 0 Å². The monoisotopic (exact) mass is 252 g/mol. The van der Waals surface area contributed by atoms with E-state index in [1.54, 1.807) is 0 Å². The summed E-state index contributed by atoms with van der Waals surface area (Å²) < 4.78 is 0. The highest BCUT2D eigenvalue weighted by molar-refractivity contribution is 5.43. The zero-order valence-electron chi connectivity index (χ0n) is 11.6. The summed E-state index contributed by atoms with van der Waals surface area (Å²) in [5.74, 6) is 0. The molecule has 0 aromatic heterocycles. The van der Waals surface area contributed by atoms with Crippen LogP contribution in [0, 0.1) is 5.41 Å². The van der Waals surface area contributed by atoms with E-state index in [0.29, 0.717) is 0 Å². The Morgan fingerprint density at radius 2 is 1.53 bits per heavy atom. The summed E-state index contributed by atoms with van der Waals surface area (Å²) in [6, 6.07) is 18.3. The predicted molar refractivity (Wildman–Crippen MR) is 78.0 cm³/mol. The van der Waals surface area contributed by atoms with E-state index in [2.05, 4.69) is 32.0 Å².